The summed E-state index contributed by atoms with van der Waals surface area (Å²) in [6.07, 6.45) is 2.87. The van der Waals surface area contributed by atoms with Gasteiger partial charge in [-0.3, -0.25) is 4.98 Å². The Morgan fingerprint density at radius 1 is 1.00 bits per heavy atom. The van der Waals surface area contributed by atoms with Crippen molar-refractivity contribution in [3.63, 3.8) is 0 Å². The molecule has 0 saturated heterocycles. The van der Waals surface area contributed by atoms with E-state index in [-0.39, 0.29) is 0 Å². The van der Waals surface area contributed by atoms with Crippen LogP contribution in [-0.4, -0.2) is 4.98 Å². The number of rotatable bonds is 3. The fraction of sp³-hybridized carbons (Fsp3) is 0.269. The molecule has 0 unspecified atom stereocenters. The lowest BCUT2D eigenvalue weighted by Crippen LogP contribution is -2.15. The summed E-state index contributed by atoms with van der Waals surface area (Å²) in [6, 6.07) is 11.1. The van der Waals surface area contributed by atoms with E-state index in [9.17, 15) is 0 Å². The maximum absolute atomic E-state index is 4.84. The van der Waals surface area contributed by atoms with Crippen LogP contribution in [0.3, 0.4) is 0 Å². The summed E-state index contributed by atoms with van der Waals surface area (Å²) >= 11 is 0. The third kappa shape index (κ3) is 3.03. The third-order valence-corrected chi connectivity index (χ3v) is 5.74. The van der Waals surface area contributed by atoms with Crippen molar-refractivity contribution in [1.29, 1.82) is 0 Å². The second-order valence-electron chi connectivity index (χ2n) is 8.23. The molecule has 2 heteroatoms. The molecule has 1 aliphatic rings. The first-order chi connectivity index (χ1) is 13.4. The topological polar surface area (TPSA) is 24.9 Å². The zero-order chi connectivity index (χ0) is 20.0. The lowest BCUT2D eigenvalue weighted by atomic mass is 9.81. The molecule has 0 radical (unpaired) electrons. The van der Waals surface area contributed by atoms with Crippen molar-refractivity contribution in [2.45, 2.75) is 47.6 Å². The average molecular weight is 369 g/mol. The van der Waals surface area contributed by atoms with Gasteiger partial charge in [-0.15, -0.1) is 0 Å². The van der Waals surface area contributed by atoms with Crippen LogP contribution in [0.2, 0.25) is 0 Å². The molecule has 3 aromatic rings. The Hall–Kier alpha value is -2.87. The van der Waals surface area contributed by atoms with Crippen molar-refractivity contribution in [3.8, 4) is 22.4 Å². The van der Waals surface area contributed by atoms with Gasteiger partial charge in [-0.05, 0) is 80.0 Å². The largest absolute Gasteiger partial charge is 0.380 e. The fourth-order valence-electron chi connectivity index (χ4n) is 4.39. The average Bonchev–Trinajstić information content (AvgIpc) is 2.66. The minimum atomic E-state index is 0.827. The summed E-state index contributed by atoms with van der Waals surface area (Å²) < 4.78 is 0. The molecule has 0 aliphatic carbocycles. The van der Waals surface area contributed by atoms with Gasteiger partial charge in [0.05, 0.1) is 5.69 Å². The van der Waals surface area contributed by atoms with E-state index in [0.717, 1.165) is 18.7 Å². The number of aryl methyl sites for hydroxylation is 2. The van der Waals surface area contributed by atoms with Crippen LogP contribution in [-0.2, 0) is 13.0 Å². The van der Waals surface area contributed by atoms with Crippen LogP contribution in [0.15, 0.2) is 48.7 Å². The standard InChI is InChI=1S/C26H28N2/c1-15(2)11-22-18(5)25-24(26-21(14-28-25)12-17(4)13-27-26)19(6)23(22)20-9-7-16(3)8-10-20/h7-10,12-13,28H,1,11,14H2,2-6H3. The van der Waals surface area contributed by atoms with Crippen molar-refractivity contribution in [1.82, 2.24) is 4.98 Å². The van der Waals surface area contributed by atoms with Gasteiger partial charge in [-0.2, -0.15) is 0 Å². The third-order valence-electron chi connectivity index (χ3n) is 5.74. The lowest BCUT2D eigenvalue weighted by molar-refractivity contribution is 1.05. The van der Waals surface area contributed by atoms with Crippen molar-refractivity contribution in [3.05, 3.63) is 82.1 Å². The summed E-state index contributed by atoms with van der Waals surface area (Å²) in [5.41, 5.74) is 15.1. The molecule has 28 heavy (non-hydrogen) atoms. The molecule has 0 atom stereocenters. The fourth-order valence-corrected chi connectivity index (χ4v) is 4.39. The number of allylic oxidation sites excluding steroid dienone is 1. The van der Waals surface area contributed by atoms with Gasteiger partial charge in [0.25, 0.3) is 0 Å². The van der Waals surface area contributed by atoms with Gasteiger partial charge in [-0.1, -0.05) is 48.0 Å². The highest BCUT2D eigenvalue weighted by Gasteiger charge is 2.26. The van der Waals surface area contributed by atoms with E-state index in [4.69, 9.17) is 4.98 Å². The van der Waals surface area contributed by atoms with Crippen LogP contribution >= 0.6 is 0 Å². The summed E-state index contributed by atoms with van der Waals surface area (Å²) in [6.45, 7) is 15.9. The van der Waals surface area contributed by atoms with Crippen LogP contribution in [0, 0.1) is 27.7 Å². The second-order valence-corrected chi connectivity index (χ2v) is 8.23. The van der Waals surface area contributed by atoms with E-state index in [1.165, 1.54) is 61.3 Å². The Balaban J connectivity index is 2.06. The van der Waals surface area contributed by atoms with E-state index in [1.54, 1.807) is 0 Å². The molecule has 0 fully saturated rings. The number of fused-ring (bicyclic) bond motifs is 3. The van der Waals surface area contributed by atoms with E-state index < -0.39 is 0 Å². The molecular weight excluding hydrogens is 340 g/mol. The number of nitrogens with one attached hydrogen (secondary N) is 1. The predicted molar refractivity (Wildman–Crippen MR) is 120 cm³/mol. The van der Waals surface area contributed by atoms with Crippen molar-refractivity contribution in [2.24, 2.45) is 0 Å². The van der Waals surface area contributed by atoms with Gasteiger partial charge in [0.2, 0.25) is 0 Å². The molecular formula is C26H28N2. The molecule has 2 heterocycles. The van der Waals surface area contributed by atoms with Gasteiger partial charge >= 0.3 is 0 Å². The lowest BCUT2D eigenvalue weighted by Gasteiger charge is -2.29. The minimum absolute atomic E-state index is 0.827. The molecule has 142 valence electrons. The first-order valence-corrected chi connectivity index (χ1v) is 9.94. The molecule has 1 aliphatic heterocycles. The number of hydrogen-bond acceptors (Lipinski definition) is 2. The van der Waals surface area contributed by atoms with Crippen LogP contribution < -0.4 is 5.32 Å². The van der Waals surface area contributed by atoms with E-state index in [0.29, 0.717) is 0 Å². The summed E-state index contributed by atoms with van der Waals surface area (Å²) in [7, 11) is 0. The summed E-state index contributed by atoms with van der Waals surface area (Å²) in [5.74, 6) is 0. The van der Waals surface area contributed by atoms with Crippen molar-refractivity contribution >= 4 is 5.69 Å². The highest BCUT2D eigenvalue weighted by molar-refractivity contribution is 5.92. The number of aromatic nitrogens is 1. The monoisotopic (exact) mass is 368 g/mol. The molecule has 1 N–H and O–H groups in total. The Morgan fingerprint density at radius 2 is 1.71 bits per heavy atom. The van der Waals surface area contributed by atoms with Gasteiger partial charge in [0.15, 0.2) is 0 Å². The molecule has 0 amide bonds. The molecule has 0 spiro atoms. The highest BCUT2D eigenvalue weighted by atomic mass is 14.9. The Labute approximate surface area is 168 Å². The highest BCUT2D eigenvalue weighted by Crippen LogP contribution is 2.46. The number of pyridine rings is 1. The first kappa shape index (κ1) is 18.5. The Morgan fingerprint density at radius 3 is 2.39 bits per heavy atom. The SMILES string of the molecule is C=C(C)Cc1c(C)c2c(c(C)c1-c1ccc(C)cc1)-c1ncc(C)cc1CN2. The normalized spacial score (nSPS) is 12.2. The quantitative estimate of drug-likeness (QED) is 0.521. The van der Waals surface area contributed by atoms with Gasteiger partial charge < -0.3 is 5.32 Å². The maximum Gasteiger partial charge on any atom is 0.0775 e. The molecule has 2 nitrogen and oxygen atoms in total. The van der Waals surface area contributed by atoms with Crippen LogP contribution in [0.25, 0.3) is 22.4 Å². The molecule has 1 aromatic heterocycles. The number of benzene rings is 2. The number of hydrogen-bond donors (Lipinski definition) is 1. The van der Waals surface area contributed by atoms with Gasteiger partial charge in [0.1, 0.15) is 0 Å². The molecule has 2 aromatic carbocycles. The molecule has 0 bridgehead atoms. The van der Waals surface area contributed by atoms with E-state index >= 15 is 0 Å². The zero-order valence-electron chi connectivity index (χ0n) is 17.5. The number of nitrogens with zero attached hydrogens (tertiary/aromatic N) is 1. The molecule has 0 saturated carbocycles. The smallest absolute Gasteiger partial charge is 0.0775 e. The predicted octanol–water partition coefficient (Wildman–Crippen LogP) is 6.69. The van der Waals surface area contributed by atoms with E-state index in [1.807, 2.05) is 6.20 Å². The Bertz CT molecular complexity index is 1090. The van der Waals surface area contributed by atoms with Gasteiger partial charge in [0, 0.05) is 24.0 Å². The van der Waals surface area contributed by atoms with Crippen LogP contribution in [0.5, 0.6) is 0 Å². The summed E-state index contributed by atoms with van der Waals surface area (Å²) in [5, 5.41) is 3.69. The van der Waals surface area contributed by atoms with Crippen LogP contribution in [0.4, 0.5) is 5.69 Å². The second kappa shape index (κ2) is 6.94. The minimum Gasteiger partial charge on any atom is -0.380 e. The van der Waals surface area contributed by atoms with Crippen molar-refractivity contribution < 1.29 is 0 Å². The van der Waals surface area contributed by atoms with Crippen LogP contribution in [0.1, 0.15) is 40.3 Å². The van der Waals surface area contributed by atoms with Crippen molar-refractivity contribution in [2.75, 3.05) is 5.32 Å². The zero-order valence-corrected chi connectivity index (χ0v) is 17.5. The number of anilines is 1. The Kier molecular flexibility index (Phi) is 4.58. The summed E-state index contributed by atoms with van der Waals surface area (Å²) in [4.78, 5) is 4.84. The molecule has 4 rings (SSSR count). The van der Waals surface area contributed by atoms with E-state index in [2.05, 4.69) is 76.8 Å². The first-order valence-electron chi connectivity index (χ1n) is 9.94. The van der Waals surface area contributed by atoms with Gasteiger partial charge in [-0.25, -0.2) is 0 Å². The maximum atomic E-state index is 4.84.